The molecule has 2 saturated heterocycles. The number of piperazine rings is 1. The predicted octanol–water partition coefficient (Wildman–Crippen LogP) is 1.68. The molecular formula is C27H27N9O3. The van der Waals surface area contributed by atoms with E-state index < -0.39 is 11.9 Å². The van der Waals surface area contributed by atoms with Crippen molar-refractivity contribution in [3.8, 4) is 5.69 Å². The second kappa shape index (κ2) is 10.1. The largest absolute Gasteiger partial charge is 0.369 e. The number of urea groups is 1. The molecule has 0 unspecified atom stereocenters. The highest BCUT2D eigenvalue weighted by molar-refractivity contribution is 6.05. The molecule has 0 spiro atoms. The van der Waals surface area contributed by atoms with Crippen LogP contribution in [0.1, 0.15) is 22.5 Å². The summed E-state index contributed by atoms with van der Waals surface area (Å²) in [5.74, 6) is -0.328. The summed E-state index contributed by atoms with van der Waals surface area (Å²) >= 11 is 0. The average molecular weight is 526 g/mol. The third-order valence-corrected chi connectivity index (χ3v) is 7.08. The molecule has 2 aliphatic rings. The van der Waals surface area contributed by atoms with Crippen molar-refractivity contribution in [2.75, 3.05) is 42.5 Å². The molecule has 4 aromatic rings. The van der Waals surface area contributed by atoms with E-state index in [-0.39, 0.29) is 12.3 Å². The van der Waals surface area contributed by atoms with E-state index in [9.17, 15) is 14.4 Å². The zero-order valence-electron chi connectivity index (χ0n) is 21.2. The van der Waals surface area contributed by atoms with E-state index in [2.05, 4.69) is 42.5 Å². The summed E-state index contributed by atoms with van der Waals surface area (Å²) in [5.41, 5.74) is 9.37. The number of nitrogens with zero attached hydrogens (tertiary/aromatic N) is 7. The molecule has 0 aliphatic carbocycles. The van der Waals surface area contributed by atoms with E-state index in [1.165, 1.54) is 4.90 Å². The number of hydrogen-bond acceptors (Lipinski definition) is 8. The molecule has 2 aromatic carbocycles. The van der Waals surface area contributed by atoms with Gasteiger partial charge in [0, 0.05) is 63.0 Å². The van der Waals surface area contributed by atoms with Crippen LogP contribution in [0.2, 0.25) is 0 Å². The van der Waals surface area contributed by atoms with Gasteiger partial charge in [-0.1, -0.05) is 12.1 Å². The molecule has 2 aliphatic heterocycles. The molecule has 6 rings (SSSR count). The molecule has 4 amide bonds. The number of benzene rings is 2. The predicted molar refractivity (Wildman–Crippen MR) is 145 cm³/mol. The molecule has 4 heterocycles. The van der Waals surface area contributed by atoms with Crippen LogP contribution in [0, 0.1) is 0 Å². The second-order valence-corrected chi connectivity index (χ2v) is 9.60. The number of carbonyl (C=O) groups excluding carboxylic acids is 3. The second-order valence-electron chi connectivity index (χ2n) is 9.60. The number of nitrogens with two attached hydrogens (primary N) is 1. The number of nitrogens with one attached hydrogen (secondary N) is 1. The summed E-state index contributed by atoms with van der Waals surface area (Å²) in [6, 6.07) is 16.8. The Kier molecular flexibility index (Phi) is 6.37. The lowest BCUT2D eigenvalue weighted by Gasteiger charge is -2.36. The van der Waals surface area contributed by atoms with Crippen molar-refractivity contribution in [3.63, 3.8) is 0 Å². The van der Waals surface area contributed by atoms with Crippen molar-refractivity contribution in [1.82, 2.24) is 30.2 Å². The summed E-state index contributed by atoms with van der Waals surface area (Å²) in [7, 11) is 0. The maximum Gasteiger partial charge on any atom is 0.329 e. The Balaban J connectivity index is 1.05. The SMILES string of the molecule is NC(=O)c1cccc2cn(-c3ccc(N4CCN(Cc5ccc(N6CCC(=O)NC6=O)nn5)CC4)cc3)nc12. The summed E-state index contributed by atoms with van der Waals surface area (Å²) < 4.78 is 1.77. The normalized spacial score (nSPS) is 16.5. The zero-order valence-corrected chi connectivity index (χ0v) is 21.2. The van der Waals surface area contributed by atoms with Gasteiger partial charge in [-0.25, -0.2) is 9.48 Å². The molecular weight excluding hydrogens is 498 g/mol. The van der Waals surface area contributed by atoms with Crippen LogP contribution in [0.15, 0.2) is 60.8 Å². The highest BCUT2D eigenvalue weighted by atomic mass is 16.2. The third-order valence-electron chi connectivity index (χ3n) is 7.08. The van der Waals surface area contributed by atoms with Gasteiger partial charge < -0.3 is 10.6 Å². The van der Waals surface area contributed by atoms with Crippen LogP contribution >= 0.6 is 0 Å². The number of rotatable bonds is 6. The molecule has 2 fully saturated rings. The summed E-state index contributed by atoms with van der Waals surface area (Å²) in [5, 5.41) is 16.2. The van der Waals surface area contributed by atoms with Crippen LogP contribution in [-0.4, -0.2) is 75.4 Å². The highest BCUT2D eigenvalue weighted by Gasteiger charge is 2.25. The lowest BCUT2D eigenvalue weighted by molar-refractivity contribution is -0.120. The number of aromatic nitrogens is 4. The Labute approximate surface area is 224 Å². The molecule has 12 heteroatoms. The van der Waals surface area contributed by atoms with Gasteiger partial charge in [-0.3, -0.25) is 24.7 Å². The van der Waals surface area contributed by atoms with Gasteiger partial charge in [0.25, 0.3) is 5.91 Å². The first-order valence-electron chi connectivity index (χ1n) is 12.7. The first kappa shape index (κ1) is 24.5. The molecule has 39 heavy (non-hydrogen) atoms. The molecule has 2 aromatic heterocycles. The Morgan fingerprint density at radius 3 is 2.36 bits per heavy atom. The fourth-order valence-corrected chi connectivity index (χ4v) is 4.95. The lowest BCUT2D eigenvalue weighted by Crippen LogP contribution is -2.50. The van der Waals surface area contributed by atoms with Gasteiger partial charge in [-0.05, 0) is 42.5 Å². The number of primary amides is 1. The third kappa shape index (κ3) is 5.01. The monoisotopic (exact) mass is 525 g/mol. The fourth-order valence-electron chi connectivity index (χ4n) is 4.95. The van der Waals surface area contributed by atoms with Crippen LogP contribution in [0.4, 0.5) is 16.3 Å². The van der Waals surface area contributed by atoms with Gasteiger partial charge in [0.2, 0.25) is 5.91 Å². The van der Waals surface area contributed by atoms with Gasteiger partial charge in [0.15, 0.2) is 5.82 Å². The van der Waals surface area contributed by atoms with E-state index in [4.69, 9.17) is 5.73 Å². The van der Waals surface area contributed by atoms with E-state index in [1.807, 2.05) is 30.5 Å². The minimum Gasteiger partial charge on any atom is -0.369 e. The Morgan fingerprint density at radius 2 is 1.67 bits per heavy atom. The first-order chi connectivity index (χ1) is 18.9. The van der Waals surface area contributed by atoms with Crippen molar-refractivity contribution in [2.45, 2.75) is 13.0 Å². The molecule has 0 atom stereocenters. The minimum absolute atomic E-state index is 0.250. The molecule has 12 nitrogen and oxygen atoms in total. The van der Waals surface area contributed by atoms with Gasteiger partial charge >= 0.3 is 6.03 Å². The van der Waals surface area contributed by atoms with Gasteiger partial charge in [-0.2, -0.15) is 10.2 Å². The van der Waals surface area contributed by atoms with Gasteiger partial charge in [0.1, 0.15) is 5.52 Å². The Bertz CT molecular complexity index is 1540. The number of amides is 4. The quantitative estimate of drug-likeness (QED) is 0.387. The minimum atomic E-state index is -0.491. The molecule has 3 N–H and O–H groups in total. The lowest BCUT2D eigenvalue weighted by atomic mass is 10.1. The number of fused-ring (bicyclic) bond motifs is 1. The van der Waals surface area contributed by atoms with Crippen molar-refractivity contribution < 1.29 is 14.4 Å². The average Bonchev–Trinajstić information content (AvgIpc) is 3.39. The molecule has 0 bridgehead atoms. The van der Waals surface area contributed by atoms with Crippen molar-refractivity contribution in [2.24, 2.45) is 5.73 Å². The summed E-state index contributed by atoms with van der Waals surface area (Å²) in [6.07, 6.45) is 2.15. The van der Waals surface area contributed by atoms with E-state index in [1.54, 1.807) is 22.9 Å². The summed E-state index contributed by atoms with van der Waals surface area (Å²) in [4.78, 5) is 41.2. The maximum absolute atomic E-state index is 12.0. The van der Waals surface area contributed by atoms with E-state index in [0.717, 1.165) is 48.6 Å². The number of anilines is 2. The first-order valence-corrected chi connectivity index (χ1v) is 12.7. The van der Waals surface area contributed by atoms with Crippen molar-refractivity contribution in [3.05, 3.63) is 72.1 Å². The van der Waals surface area contributed by atoms with Crippen LogP contribution in [0.3, 0.4) is 0 Å². The van der Waals surface area contributed by atoms with Gasteiger partial charge in [0.05, 0.1) is 16.9 Å². The van der Waals surface area contributed by atoms with Gasteiger partial charge in [-0.15, -0.1) is 5.10 Å². The standard InChI is InChI=1S/C27H27N9O3/c28-26(38)22-3-1-2-18-16-36(32-25(18)22)21-7-5-20(6-8-21)34-14-12-33(13-15-34)17-19-4-9-23(31-30-19)35-11-10-24(37)29-27(35)39/h1-9,16H,10-15,17H2,(H2,28,38)(H,29,37,39). The molecule has 0 radical (unpaired) electrons. The number of hydrogen-bond donors (Lipinski definition) is 2. The van der Waals surface area contributed by atoms with Crippen LogP contribution in [-0.2, 0) is 11.3 Å². The van der Waals surface area contributed by atoms with Crippen molar-refractivity contribution in [1.29, 1.82) is 0 Å². The topological polar surface area (TPSA) is 143 Å². The van der Waals surface area contributed by atoms with Crippen LogP contribution < -0.4 is 20.9 Å². The molecule has 0 saturated carbocycles. The Morgan fingerprint density at radius 1 is 0.897 bits per heavy atom. The highest BCUT2D eigenvalue weighted by Crippen LogP contribution is 2.23. The van der Waals surface area contributed by atoms with E-state index >= 15 is 0 Å². The number of carbonyl (C=O) groups is 3. The van der Waals surface area contributed by atoms with E-state index in [0.29, 0.717) is 30.0 Å². The Hall–Kier alpha value is -4.84. The van der Waals surface area contributed by atoms with Crippen molar-refractivity contribution >= 4 is 40.3 Å². The smallest absolute Gasteiger partial charge is 0.329 e. The molecule has 198 valence electrons. The maximum atomic E-state index is 12.0. The zero-order chi connectivity index (χ0) is 26.9. The van der Waals surface area contributed by atoms with Crippen LogP contribution in [0.25, 0.3) is 16.6 Å². The fraction of sp³-hybridized carbons (Fsp3) is 0.259. The number of imide groups is 1. The van der Waals surface area contributed by atoms with Crippen LogP contribution in [0.5, 0.6) is 0 Å². The summed E-state index contributed by atoms with van der Waals surface area (Å²) in [6.45, 7) is 4.48.